The molecule has 4 rings (SSSR count). The smallest absolute Gasteiger partial charge is 0.407 e. The van der Waals surface area contributed by atoms with Gasteiger partial charge in [-0.15, -0.1) is 0 Å². The molecular weight excluding hydrogens is 464 g/mol. The van der Waals surface area contributed by atoms with Crippen LogP contribution in [0.15, 0.2) is 48.5 Å². The third kappa shape index (κ3) is 5.48. The van der Waals surface area contributed by atoms with Gasteiger partial charge in [-0.25, -0.2) is 4.79 Å². The minimum absolute atomic E-state index is 0.0105. The van der Waals surface area contributed by atoms with E-state index in [4.69, 9.17) is 4.74 Å². The van der Waals surface area contributed by atoms with Crippen LogP contribution in [0.25, 0.3) is 11.1 Å². The Morgan fingerprint density at radius 1 is 1.11 bits per heavy atom. The summed E-state index contributed by atoms with van der Waals surface area (Å²) in [7, 11) is 0. The van der Waals surface area contributed by atoms with E-state index in [1.807, 2.05) is 37.4 Å². The average molecular weight is 497 g/mol. The number of carbonyl (C=O) groups excluding carboxylic acids is 2. The van der Waals surface area contributed by atoms with E-state index in [2.05, 4.69) is 29.6 Å². The van der Waals surface area contributed by atoms with Crippen LogP contribution < -0.4 is 5.32 Å². The van der Waals surface area contributed by atoms with E-state index in [1.165, 1.54) is 0 Å². The van der Waals surface area contributed by atoms with Gasteiger partial charge in [0.2, 0.25) is 5.91 Å². The lowest BCUT2D eigenvalue weighted by Gasteiger charge is -2.36. The summed E-state index contributed by atoms with van der Waals surface area (Å²) >= 11 is 1.59. The Morgan fingerprint density at radius 2 is 1.74 bits per heavy atom. The van der Waals surface area contributed by atoms with Crippen molar-refractivity contribution in [3.05, 3.63) is 59.7 Å². The zero-order valence-electron chi connectivity index (χ0n) is 20.1. The Labute approximate surface area is 210 Å². The Morgan fingerprint density at radius 3 is 2.34 bits per heavy atom. The van der Waals surface area contributed by atoms with Gasteiger partial charge >= 0.3 is 12.1 Å². The van der Waals surface area contributed by atoms with E-state index in [9.17, 15) is 19.5 Å². The molecule has 1 heterocycles. The summed E-state index contributed by atoms with van der Waals surface area (Å²) in [6.07, 6.45) is 2.39. The van der Waals surface area contributed by atoms with Gasteiger partial charge in [0.15, 0.2) is 0 Å². The molecule has 35 heavy (non-hydrogen) atoms. The number of likely N-dealkylation sites (tertiary alicyclic amines) is 1. The van der Waals surface area contributed by atoms with Crippen molar-refractivity contribution in [3.8, 4) is 11.1 Å². The first-order chi connectivity index (χ1) is 16.9. The Kier molecular flexibility index (Phi) is 8.00. The second-order valence-electron chi connectivity index (χ2n) is 9.30. The second-order valence-corrected chi connectivity index (χ2v) is 10.3. The predicted octanol–water partition coefficient (Wildman–Crippen LogP) is 4.22. The molecule has 2 aromatic rings. The topological polar surface area (TPSA) is 95.9 Å². The predicted molar refractivity (Wildman–Crippen MR) is 136 cm³/mol. The van der Waals surface area contributed by atoms with Gasteiger partial charge in [0.05, 0.1) is 5.92 Å². The molecule has 1 aliphatic heterocycles. The van der Waals surface area contributed by atoms with Crippen LogP contribution in [0.1, 0.15) is 36.8 Å². The summed E-state index contributed by atoms with van der Waals surface area (Å²) in [5.74, 6) is -1.09. The van der Waals surface area contributed by atoms with Crippen molar-refractivity contribution in [2.24, 2.45) is 11.8 Å². The summed E-state index contributed by atoms with van der Waals surface area (Å²) in [6.45, 7) is 2.73. The number of benzene rings is 2. The highest BCUT2D eigenvalue weighted by Crippen LogP contribution is 2.44. The number of alkyl carbamates (subject to hydrolysis) is 1. The Balaban J connectivity index is 1.41. The molecular formula is C27H32N2O5S. The number of amides is 2. The van der Waals surface area contributed by atoms with Gasteiger partial charge in [-0.2, -0.15) is 11.8 Å². The average Bonchev–Trinajstić information content (AvgIpc) is 3.18. The number of thioether (sulfide) groups is 1. The molecule has 0 bridgehead atoms. The van der Waals surface area contributed by atoms with Gasteiger partial charge < -0.3 is 20.1 Å². The van der Waals surface area contributed by atoms with Crippen LogP contribution in [0.4, 0.5) is 4.79 Å². The molecule has 186 valence electrons. The molecule has 0 aromatic heterocycles. The highest BCUT2D eigenvalue weighted by molar-refractivity contribution is 7.98. The molecule has 1 saturated heterocycles. The largest absolute Gasteiger partial charge is 0.481 e. The normalized spacial score (nSPS) is 20.0. The molecule has 2 aromatic carbocycles. The van der Waals surface area contributed by atoms with Crippen LogP contribution in [-0.2, 0) is 14.3 Å². The minimum Gasteiger partial charge on any atom is -0.481 e. The summed E-state index contributed by atoms with van der Waals surface area (Å²) in [5.41, 5.74) is 4.55. The molecule has 1 aliphatic carbocycles. The van der Waals surface area contributed by atoms with E-state index in [1.54, 1.807) is 16.7 Å². The number of fused-ring (bicyclic) bond motifs is 3. The fraction of sp³-hybridized carbons (Fsp3) is 0.444. The van der Waals surface area contributed by atoms with Crippen LogP contribution in [-0.4, -0.2) is 65.7 Å². The molecule has 1 fully saturated rings. The number of hydrogen-bond acceptors (Lipinski definition) is 5. The van der Waals surface area contributed by atoms with Gasteiger partial charge in [0, 0.05) is 19.0 Å². The van der Waals surface area contributed by atoms with E-state index in [-0.39, 0.29) is 30.9 Å². The van der Waals surface area contributed by atoms with Crippen molar-refractivity contribution in [1.82, 2.24) is 10.2 Å². The molecule has 2 N–H and O–H groups in total. The molecule has 0 spiro atoms. The van der Waals surface area contributed by atoms with Crippen LogP contribution in [0, 0.1) is 11.8 Å². The quantitative estimate of drug-likeness (QED) is 0.568. The lowest BCUT2D eigenvalue weighted by molar-refractivity contribution is -0.148. The lowest BCUT2D eigenvalue weighted by atomic mass is 9.87. The van der Waals surface area contributed by atoms with Gasteiger partial charge in [0.1, 0.15) is 12.6 Å². The summed E-state index contributed by atoms with van der Waals surface area (Å²) in [5, 5.41) is 12.3. The molecule has 0 radical (unpaired) electrons. The summed E-state index contributed by atoms with van der Waals surface area (Å²) in [6, 6.07) is 15.5. The third-order valence-electron chi connectivity index (χ3n) is 7.13. The number of ether oxygens (including phenoxy) is 1. The Hall–Kier alpha value is -3.00. The Bertz CT molecular complexity index is 1050. The summed E-state index contributed by atoms with van der Waals surface area (Å²) < 4.78 is 5.64. The number of piperidine rings is 1. The molecule has 7 nitrogen and oxygen atoms in total. The van der Waals surface area contributed by atoms with E-state index < -0.39 is 24.0 Å². The van der Waals surface area contributed by atoms with E-state index in [0.29, 0.717) is 25.1 Å². The zero-order valence-corrected chi connectivity index (χ0v) is 20.9. The van der Waals surface area contributed by atoms with Crippen molar-refractivity contribution >= 4 is 29.7 Å². The first-order valence-electron chi connectivity index (χ1n) is 12.0. The first kappa shape index (κ1) is 25.1. The van der Waals surface area contributed by atoms with Crippen molar-refractivity contribution < 1.29 is 24.2 Å². The highest BCUT2D eigenvalue weighted by atomic mass is 32.2. The van der Waals surface area contributed by atoms with Crippen molar-refractivity contribution in [3.63, 3.8) is 0 Å². The number of carbonyl (C=O) groups is 3. The van der Waals surface area contributed by atoms with E-state index >= 15 is 0 Å². The number of nitrogens with zero attached hydrogens (tertiary/aromatic N) is 1. The number of nitrogens with one attached hydrogen (secondary N) is 1. The fourth-order valence-corrected chi connectivity index (χ4v) is 5.56. The van der Waals surface area contributed by atoms with Crippen molar-refractivity contribution in [2.45, 2.75) is 31.7 Å². The SMILES string of the molecule is CSCCC(NC(=O)OCC1c2ccccc2-c2ccccc21)C(=O)N1CCC(C)C(C(=O)O)C1. The molecule has 0 saturated carbocycles. The van der Waals surface area contributed by atoms with Crippen LogP contribution in [0.3, 0.4) is 0 Å². The number of carboxylic acid groups (broad SMARTS) is 1. The van der Waals surface area contributed by atoms with Gasteiger partial charge in [0.25, 0.3) is 0 Å². The third-order valence-corrected chi connectivity index (χ3v) is 7.78. The van der Waals surface area contributed by atoms with Gasteiger partial charge in [-0.1, -0.05) is 55.5 Å². The molecule has 2 aliphatic rings. The molecule has 8 heteroatoms. The highest BCUT2D eigenvalue weighted by Gasteiger charge is 2.36. The number of aliphatic carboxylic acids is 1. The second kappa shape index (κ2) is 11.2. The van der Waals surface area contributed by atoms with Crippen LogP contribution >= 0.6 is 11.8 Å². The van der Waals surface area contributed by atoms with Crippen molar-refractivity contribution in [2.75, 3.05) is 31.7 Å². The maximum atomic E-state index is 13.3. The zero-order chi connectivity index (χ0) is 24.9. The maximum absolute atomic E-state index is 13.3. The summed E-state index contributed by atoms with van der Waals surface area (Å²) in [4.78, 5) is 39.2. The number of rotatable bonds is 8. The molecule has 2 amide bonds. The van der Waals surface area contributed by atoms with Crippen molar-refractivity contribution in [1.29, 1.82) is 0 Å². The lowest BCUT2D eigenvalue weighted by Crippen LogP contribution is -2.53. The maximum Gasteiger partial charge on any atom is 0.407 e. The molecule has 3 unspecified atom stereocenters. The number of carboxylic acids is 1. The monoisotopic (exact) mass is 496 g/mol. The standard InChI is InChI=1S/C27H32N2O5S/c1-17-11-13-29(15-22(17)26(31)32)25(30)24(12-14-35-2)28-27(33)34-16-23-20-9-5-3-7-18(20)19-8-4-6-10-21(19)23/h3-10,17,22-24H,11-16H2,1-2H3,(H,28,33)(H,31,32). The fourth-order valence-electron chi connectivity index (χ4n) is 5.09. The minimum atomic E-state index is -0.889. The first-order valence-corrected chi connectivity index (χ1v) is 13.4. The molecule has 3 atom stereocenters. The van der Waals surface area contributed by atoms with E-state index in [0.717, 1.165) is 22.3 Å². The van der Waals surface area contributed by atoms with Gasteiger partial charge in [-0.3, -0.25) is 9.59 Å². The van der Waals surface area contributed by atoms with Crippen LogP contribution in [0.5, 0.6) is 0 Å². The number of hydrogen-bond donors (Lipinski definition) is 2. The van der Waals surface area contributed by atoms with Gasteiger partial charge in [-0.05, 0) is 53.0 Å². The van der Waals surface area contributed by atoms with Crippen LogP contribution in [0.2, 0.25) is 0 Å².